The lowest BCUT2D eigenvalue weighted by molar-refractivity contribution is 0.841. The van der Waals surface area contributed by atoms with Gasteiger partial charge in [0, 0.05) is 24.3 Å². The fourth-order valence-electron chi connectivity index (χ4n) is 3.10. The van der Waals surface area contributed by atoms with Crippen molar-refractivity contribution in [3.8, 4) is 5.82 Å². The number of hydrogen-bond acceptors (Lipinski definition) is 3. The van der Waals surface area contributed by atoms with Crippen LogP contribution in [0.3, 0.4) is 0 Å². The Morgan fingerprint density at radius 3 is 2.88 bits per heavy atom. The van der Waals surface area contributed by atoms with Crippen LogP contribution in [0.4, 0.5) is 5.69 Å². The standard InChI is InChI=1S/C19H20N6.HI/c20-19(24-17-6-5-15-3-1-4-16(15)12-17)22-13-14-7-9-21-18(11-14)25-10-2-8-23-25;/h2,5-12H,1,3-4,13H2,(H3,20,22,24);1H. The molecule has 1 aromatic carbocycles. The van der Waals surface area contributed by atoms with Crippen LogP contribution in [0.15, 0.2) is 60.0 Å². The fraction of sp³-hybridized carbons (Fsp3) is 0.211. The van der Waals surface area contributed by atoms with E-state index < -0.39 is 0 Å². The molecule has 0 saturated heterocycles. The SMILES string of the molecule is I.NC(=NCc1ccnc(-n2cccn2)c1)Nc1ccc2c(c1)CCC2. The Kier molecular flexibility index (Phi) is 5.87. The molecular formula is C19H21IN6. The second-order valence-electron chi connectivity index (χ2n) is 6.14. The molecule has 4 rings (SSSR count). The van der Waals surface area contributed by atoms with Crippen LogP contribution in [0, 0.1) is 0 Å². The number of pyridine rings is 1. The smallest absolute Gasteiger partial charge is 0.193 e. The first-order valence-corrected chi connectivity index (χ1v) is 8.42. The maximum absolute atomic E-state index is 6.04. The van der Waals surface area contributed by atoms with Gasteiger partial charge in [0.1, 0.15) is 0 Å². The number of aromatic nitrogens is 3. The minimum atomic E-state index is 0. The molecule has 0 aliphatic heterocycles. The Morgan fingerprint density at radius 2 is 2.04 bits per heavy atom. The molecule has 3 N–H and O–H groups in total. The molecule has 0 unspecified atom stereocenters. The second kappa shape index (κ2) is 8.31. The Hall–Kier alpha value is -2.42. The van der Waals surface area contributed by atoms with Crippen molar-refractivity contribution in [1.29, 1.82) is 0 Å². The van der Waals surface area contributed by atoms with Crippen molar-refractivity contribution >= 4 is 35.6 Å². The van der Waals surface area contributed by atoms with E-state index in [-0.39, 0.29) is 24.0 Å². The molecule has 1 aliphatic carbocycles. The fourth-order valence-corrected chi connectivity index (χ4v) is 3.10. The summed E-state index contributed by atoms with van der Waals surface area (Å²) in [5.74, 6) is 1.18. The molecule has 7 heteroatoms. The monoisotopic (exact) mass is 460 g/mol. The molecule has 2 aromatic heterocycles. The number of aryl methyl sites for hydroxylation is 2. The van der Waals surface area contributed by atoms with Crippen LogP contribution in [0.25, 0.3) is 5.82 Å². The molecule has 0 saturated carbocycles. The molecule has 0 amide bonds. The van der Waals surface area contributed by atoms with Gasteiger partial charge in [0.2, 0.25) is 0 Å². The number of rotatable bonds is 4. The highest BCUT2D eigenvalue weighted by Gasteiger charge is 2.10. The number of hydrogen-bond donors (Lipinski definition) is 2. The third-order valence-corrected chi connectivity index (χ3v) is 4.35. The number of guanidine groups is 1. The lowest BCUT2D eigenvalue weighted by Gasteiger charge is -2.08. The lowest BCUT2D eigenvalue weighted by Crippen LogP contribution is -2.22. The Bertz CT molecular complexity index is 904. The minimum absolute atomic E-state index is 0. The molecule has 0 fully saturated rings. The number of nitrogens with one attached hydrogen (secondary N) is 1. The molecule has 6 nitrogen and oxygen atoms in total. The van der Waals surface area contributed by atoms with Gasteiger partial charge in [-0.05, 0) is 66.3 Å². The van der Waals surface area contributed by atoms with Gasteiger partial charge in [0.05, 0.1) is 6.54 Å². The predicted octanol–water partition coefficient (Wildman–Crippen LogP) is 3.30. The van der Waals surface area contributed by atoms with E-state index in [0.717, 1.165) is 23.5 Å². The van der Waals surface area contributed by atoms with Gasteiger partial charge >= 0.3 is 0 Å². The summed E-state index contributed by atoms with van der Waals surface area (Å²) in [6, 6.07) is 12.2. The summed E-state index contributed by atoms with van der Waals surface area (Å²) < 4.78 is 1.72. The van der Waals surface area contributed by atoms with Crippen molar-refractivity contribution < 1.29 is 0 Å². The first-order valence-electron chi connectivity index (χ1n) is 8.42. The number of nitrogens with two attached hydrogens (primary N) is 1. The number of anilines is 1. The summed E-state index contributed by atoms with van der Waals surface area (Å²) >= 11 is 0. The van der Waals surface area contributed by atoms with E-state index in [1.165, 1.54) is 24.0 Å². The average molecular weight is 460 g/mol. The van der Waals surface area contributed by atoms with Gasteiger partial charge in [-0.25, -0.2) is 14.7 Å². The molecule has 3 aromatic rings. The molecule has 26 heavy (non-hydrogen) atoms. The maximum atomic E-state index is 6.04. The van der Waals surface area contributed by atoms with Gasteiger partial charge < -0.3 is 11.1 Å². The highest BCUT2D eigenvalue weighted by Crippen LogP contribution is 2.24. The van der Waals surface area contributed by atoms with E-state index in [1.807, 2.05) is 24.4 Å². The van der Waals surface area contributed by atoms with E-state index in [4.69, 9.17) is 5.73 Å². The van der Waals surface area contributed by atoms with Gasteiger partial charge in [-0.2, -0.15) is 5.10 Å². The van der Waals surface area contributed by atoms with E-state index in [0.29, 0.717) is 12.5 Å². The van der Waals surface area contributed by atoms with E-state index in [1.54, 1.807) is 17.1 Å². The van der Waals surface area contributed by atoms with Gasteiger partial charge in [0.15, 0.2) is 11.8 Å². The van der Waals surface area contributed by atoms with Crippen molar-refractivity contribution in [1.82, 2.24) is 14.8 Å². The van der Waals surface area contributed by atoms with Gasteiger partial charge in [-0.15, -0.1) is 24.0 Å². The zero-order valence-electron chi connectivity index (χ0n) is 14.3. The Balaban J connectivity index is 0.00000196. The first-order chi connectivity index (χ1) is 12.3. The Morgan fingerprint density at radius 1 is 1.15 bits per heavy atom. The highest BCUT2D eigenvalue weighted by molar-refractivity contribution is 14.0. The third kappa shape index (κ3) is 4.21. The molecule has 0 spiro atoms. The summed E-state index contributed by atoms with van der Waals surface area (Å²) in [6.07, 6.45) is 8.91. The number of nitrogens with zero attached hydrogens (tertiary/aromatic N) is 4. The van der Waals surface area contributed by atoms with Gasteiger partial charge in [0.25, 0.3) is 0 Å². The van der Waals surface area contributed by atoms with Crippen LogP contribution >= 0.6 is 24.0 Å². The molecule has 2 heterocycles. The summed E-state index contributed by atoms with van der Waals surface area (Å²) in [7, 11) is 0. The van der Waals surface area contributed by atoms with Gasteiger partial charge in [-0.3, -0.25) is 0 Å². The van der Waals surface area contributed by atoms with Crippen LogP contribution in [0.5, 0.6) is 0 Å². The summed E-state index contributed by atoms with van der Waals surface area (Å²) in [6.45, 7) is 0.487. The third-order valence-electron chi connectivity index (χ3n) is 4.35. The molecule has 134 valence electrons. The minimum Gasteiger partial charge on any atom is -0.370 e. The van der Waals surface area contributed by atoms with Crippen molar-refractivity contribution in [2.75, 3.05) is 5.32 Å². The largest absolute Gasteiger partial charge is 0.370 e. The molecular weight excluding hydrogens is 439 g/mol. The summed E-state index contributed by atoms with van der Waals surface area (Å²) in [5, 5.41) is 7.37. The predicted molar refractivity (Wildman–Crippen MR) is 114 cm³/mol. The number of aliphatic imine (C=N–C) groups is 1. The number of benzene rings is 1. The quantitative estimate of drug-likeness (QED) is 0.356. The van der Waals surface area contributed by atoms with Crippen molar-refractivity contribution in [2.24, 2.45) is 10.7 Å². The van der Waals surface area contributed by atoms with Crippen molar-refractivity contribution in [3.05, 3.63) is 71.7 Å². The normalized spacial score (nSPS) is 13.2. The molecule has 0 atom stereocenters. The maximum Gasteiger partial charge on any atom is 0.193 e. The van der Waals surface area contributed by atoms with E-state index in [9.17, 15) is 0 Å². The zero-order valence-corrected chi connectivity index (χ0v) is 16.6. The summed E-state index contributed by atoms with van der Waals surface area (Å²) in [4.78, 5) is 8.75. The van der Waals surface area contributed by atoms with Crippen molar-refractivity contribution in [2.45, 2.75) is 25.8 Å². The van der Waals surface area contributed by atoms with E-state index >= 15 is 0 Å². The second-order valence-corrected chi connectivity index (χ2v) is 6.14. The van der Waals surface area contributed by atoms with Crippen molar-refractivity contribution in [3.63, 3.8) is 0 Å². The van der Waals surface area contributed by atoms with Crippen LogP contribution in [0.2, 0.25) is 0 Å². The van der Waals surface area contributed by atoms with Crippen LogP contribution in [0.1, 0.15) is 23.1 Å². The van der Waals surface area contributed by atoms with Gasteiger partial charge in [-0.1, -0.05) is 6.07 Å². The zero-order chi connectivity index (χ0) is 17.1. The number of halogens is 1. The van der Waals surface area contributed by atoms with E-state index in [2.05, 4.69) is 38.6 Å². The first kappa shape index (κ1) is 18.4. The van der Waals surface area contributed by atoms with Crippen LogP contribution in [-0.2, 0) is 19.4 Å². The number of fused-ring (bicyclic) bond motifs is 1. The Labute approximate surface area is 169 Å². The topological polar surface area (TPSA) is 81.1 Å². The van der Waals surface area contributed by atoms with Crippen LogP contribution < -0.4 is 11.1 Å². The molecule has 1 aliphatic rings. The summed E-state index contributed by atoms with van der Waals surface area (Å²) in [5.41, 5.74) is 10.9. The highest BCUT2D eigenvalue weighted by atomic mass is 127. The molecule has 0 radical (unpaired) electrons. The van der Waals surface area contributed by atoms with Crippen LogP contribution in [-0.4, -0.2) is 20.7 Å². The average Bonchev–Trinajstić information content (AvgIpc) is 3.31. The lowest BCUT2D eigenvalue weighted by atomic mass is 10.1. The molecule has 0 bridgehead atoms.